The SMILES string of the molecule is CC(C)c1ccc(S(=O)(=O)Nc2ccc(N3CCN(C)CC3)cc2)cc1. The highest BCUT2D eigenvalue weighted by molar-refractivity contribution is 7.92. The van der Waals surface area contributed by atoms with Gasteiger partial charge in [-0.1, -0.05) is 26.0 Å². The summed E-state index contributed by atoms with van der Waals surface area (Å²) >= 11 is 0. The van der Waals surface area contributed by atoms with Crippen LogP contribution in [0.5, 0.6) is 0 Å². The number of nitrogens with zero attached hydrogens (tertiary/aromatic N) is 2. The number of piperazine rings is 1. The van der Waals surface area contributed by atoms with Crippen LogP contribution in [0.15, 0.2) is 53.4 Å². The molecule has 3 rings (SSSR count). The maximum absolute atomic E-state index is 12.6. The summed E-state index contributed by atoms with van der Waals surface area (Å²) in [4.78, 5) is 4.91. The zero-order valence-corrected chi connectivity index (χ0v) is 16.5. The van der Waals surface area contributed by atoms with Crippen molar-refractivity contribution in [2.75, 3.05) is 42.8 Å². The highest BCUT2D eigenvalue weighted by atomic mass is 32.2. The van der Waals surface area contributed by atoms with E-state index >= 15 is 0 Å². The molecule has 0 aliphatic carbocycles. The van der Waals surface area contributed by atoms with Gasteiger partial charge in [0.05, 0.1) is 4.90 Å². The number of sulfonamides is 1. The molecule has 0 unspecified atom stereocenters. The molecule has 0 spiro atoms. The molecule has 6 heteroatoms. The summed E-state index contributed by atoms with van der Waals surface area (Å²) in [6.07, 6.45) is 0. The van der Waals surface area contributed by atoms with Gasteiger partial charge in [-0.2, -0.15) is 0 Å². The zero-order chi connectivity index (χ0) is 18.7. The minimum atomic E-state index is -3.57. The Morgan fingerprint density at radius 2 is 1.46 bits per heavy atom. The molecule has 26 heavy (non-hydrogen) atoms. The summed E-state index contributed by atoms with van der Waals surface area (Å²) in [5.74, 6) is 0.377. The number of likely N-dealkylation sites (N-methyl/N-ethyl adjacent to an activating group) is 1. The fraction of sp³-hybridized carbons (Fsp3) is 0.400. The number of benzene rings is 2. The third-order valence-corrected chi connectivity index (χ3v) is 6.24. The fourth-order valence-electron chi connectivity index (χ4n) is 3.05. The van der Waals surface area contributed by atoms with Crippen LogP contribution < -0.4 is 9.62 Å². The molecule has 0 radical (unpaired) electrons. The predicted molar refractivity (Wildman–Crippen MR) is 107 cm³/mol. The number of rotatable bonds is 5. The van der Waals surface area contributed by atoms with Crippen LogP contribution in [0, 0.1) is 0 Å². The average molecular weight is 374 g/mol. The highest BCUT2D eigenvalue weighted by Gasteiger charge is 2.16. The molecule has 1 aliphatic rings. The first-order valence-electron chi connectivity index (χ1n) is 9.01. The summed E-state index contributed by atoms with van der Waals surface area (Å²) in [5.41, 5.74) is 2.83. The van der Waals surface area contributed by atoms with Crippen LogP contribution >= 0.6 is 0 Å². The van der Waals surface area contributed by atoms with Crippen LogP contribution in [0.25, 0.3) is 0 Å². The van der Waals surface area contributed by atoms with E-state index in [1.54, 1.807) is 12.1 Å². The quantitative estimate of drug-likeness (QED) is 0.873. The molecule has 0 atom stereocenters. The van der Waals surface area contributed by atoms with Crippen molar-refractivity contribution in [1.29, 1.82) is 0 Å². The van der Waals surface area contributed by atoms with Gasteiger partial charge in [-0.15, -0.1) is 0 Å². The standard InChI is InChI=1S/C20H27N3O2S/c1-16(2)17-4-10-20(11-5-17)26(24,25)21-18-6-8-19(9-7-18)23-14-12-22(3)13-15-23/h4-11,16,21H,12-15H2,1-3H3. The van der Waals surface area contributed by atoms with Crippen molar-refractivity contribution in [3.63, 3.8) is 0 Å². The first kappa shape index (κ1) is 18.7. The zero-order valence-electron chi connectivity index (χ0n) is 15.6. The van der Waals surface area contributed by atoms with Gasteiger partial charge >= 0.3 is 0 Å². The molecule has 0 amide bonds. The van der Waals surface area contributed by atoms with Gasteiger partial charge in [-0.05, 0) is 54.9 Å². The van der Waals surface area contributed by atoms with Crippen LogP contribution in [0.3, 0.4) is 0 Å². The first-order valence-corrected chi connectivity index (χ1v) is 10.5. The molecule has 0 aromatic heterocycles. The summed E-state index contributed by atoms with van der Waals surface area (Å²) in [6.45, 7) is 8.24. The molecule has 1 fully saturated rings. The topological polar surface area (TPSA) is 52.7 Å². The average Bonchev–Trinajstić information content (AvgIpc) is 2.63. The Morgan fingerprint density at radius 3 is 2.00 bits per heavy atom. The molecule has 0 saturated carbocycles. The van der Waals surface area contributed by atoms with Crippen molar-refractivity contribution < 1.29 is 8.42 Å². The summed E-state index contributed by atoms with van der Waals surface area (Å²) < 4.78 is 27.8. The van der Waals surface area contributed by atoms with E-state index in [4.69, 9.17) is 0 Å². The lowest BCUT2D eigenvalue weighted by molar-refractivity contribution is 0.313. The highest BCUT2D eigenvalue weighted by Crippen LogP contribution is 2.23. The van der Waals surface area contributed by atoms with Gasteiger partial charge < -0.3 is 9.80 Å². The molecule has 140 valence electrons. The van der Waals surface area contributed by atoms with E-state index in [-0.39, 0.29) is 4.90 Å². The number of anilines is 2. The molecule has 1 aliphatic heterocycles. The van der Waals surface area contributed by atoms with Crippen LogP contribution in [-0.2, 0) is 10.0 Å². The van der Waals surface area contributed by atoms with E-state index in [0.29, 0.717) is 11.6 Å². The van der Waals surface area contributed by atoms with Crippen LogP contribution in [-0.4, -0.2) is 46.5 Å². The lowest BCUT2D eigenvalue weighted by Gasteiger charge is -2.34. The van der Waals surface area contributed by atoms with E-state index in [9.17, 15) is 8.42 Å². The molecular formula is C20H27N3O2S. The number of hydrogen-bond donors (Lipinski definition) is 1. The van der Waals surface area contributed by atoms with E-state index in [1.807, 2.05) is 36.4 Å². The molecule has 5 nitrogen and oxygen atoms in total. The molecule has 2 aromatic rings. The second kappa shape index (κ2) is 7.68. The molecule has 1 N–H and O–H groups in total. The fourth-order valence-corrected chi connectivity index (χ4v) is 4.11. The summed E-state index contributed by atoms with van der Waals surface area (Å²) in [6, 6.07) is 14.7. The Balaban J connectivity index is 1.69. The summed E-state index contributed by atoms with van der Waals surface area (Å²) in [7, 11) is -1.44. The van der Waals surface area contributed by atoms with Crippen molar-refractivity contribution in [2.45, 2.75) is 24.7 Å². The largest absolute Gasteiger partial charge is 0.369 e. The molecule has 0 bridgehead atoms. The monoisotopic (exact) mass is 373 g/mol. The van der Waals surface area contributed by atoms with Crippen LogP contribution in [0.2, 0.25) is 0 Å². The van der Waals surface area contributed by atoms with Gasteiger partial charge in [0.2, 0.25) is 0 Å². The van der Waals surface area contributed by atoms with E-state index < -0.39 is 10.0 Å². The van der Waals surface area contributed by atoms with Crippen molar-refractivity contribution in [2.24, 2.45) is 0 Å². The molecular weight excluding hydrogens is 346 g/mol. The predicted octanol–water partition coefficient (Wildman–Crippen LogP) is 3.36. The van der Waals surface area contributed by atoms with E-state index in [1.165, 1.54) is 0 Å². The minimum absolute atomic E-state index is 0.282. The minimum Gasteiger partial charge on any atom is -0.369 e. The number of nitrogens with one attached hydrogen (secondary N) is 1. The van der Waals surface area contributed by atoms with Crippen molar-refractivity contribution >= 4 is 21.4 Å². The van der Waals surface area contributed by atoms with E-state index in [2.05, 4.69) is 35.4 Å². The third-order valence-electron chi connectivity index (χ3n) is 4.85. The van der Waals surface area contributed by atoms with Crippen molar-refractivity contribution in [3.05, 3.63) is 54.1 Å². The molecule has 1 heterocycles. The summed E-state index contributed by atoms with van der Waals surface area (Å²) in [5, 5.41) is 0. The van der Waals surface area contributed by atoms with Gasteiger partial charge in [0, 0.05) is 37.6 Å². The van der Waals surface area contributed by atoms with Gasteiger partial charge in [0.15, 0.2) is 0 Å². The lowest BCUT2D eigenvalue weighted by atomic mass is 10.0. The Kier molecular flexibility index (Phi) is 5.53. The Hall–Kier alpha value is -2.05. The molecule has 2 aromatic carbocycles. The van der Waals surface area contributed by atoms with Crippen molar-refractivity contribution in [1.82, 2.24) is 4.90 Å². The maximum atomic E-state index is 12.6. The maximum Gasteiger partial charge on any atom is 0.261 e. The Bertz CT molecular complexity index is 822. The number of hydrogen-bond acceptors (Lipinski definition) is 4. The third kappa shape index (κ3) is 4.37. The van der Waals surface area contributed by atoms with Gasteiger partial charge in [0.25, 0.3) is 10.0 Å². The molecule has 1 saturated heterocycles. The lowest BCUT2D eigenvalue weighted by Crippen LogP contribution is -2.44. The van der Waals surface area contributed by atoms with E-state index in [0.717, 1.165) is 37.4 Å². The van der Waals surface area contributed by atoms with Gasteiger partial charge in [0.1, 0.15) is 0 Å². The first-order chi connectivity index (χ1) is 12.3. The Morgan fingerprint density at radius 1 is 0.885 bits per heavy atom. The van der Waals surface area contributed by atoms with Gasteiger partial charge in [-0.25, -0.2) is 8.42 Å². The Labute approximate surface area is 156 Å². The second-order valence-corrected chi connectivity index (χ2v) is 8.85. The van der Waals surface area contributed by atoms with Crippen molar-refractivity contribution in [3.8, 4) is 0 Å². The van der Waals surface area contributed by atoms with Crippen LogP contribution in [0.4, 0.5) is 11.4 Å². The smallest absolute Gasteiger partial charge is 0.261 e. The second-order valence-electron chi connectivity index (χ2n) is 7.17. The van der Waals surface area contributed by atoms with Gasteiger partial charge in [-0.3, -0.25) is 4.72 Å². The van der Waals surface area contributed by atoms with Crippen LogP contribution in [0.1, 0.15) is 25.3 Å². The normalized spacial score (nSPS) is 16.1.